The molecule has 0 radical (unpaired) electrons. The Labute approximate surface area is 193 Å². The predicted octanol–water partition coefficient (Wildman–Crippen LogP) is 4.16. The van der Waals surface area contributed by atoms with Crippen LogP contribution in [0.25, 0.3) is 11.1 Å². The van der Waals surface area contributed by atoms with Crippen molar-refractivity contribution in [2.45, 2.75) is 24.3 Å². The Morgan fingerprint density at radius 1 is 1.16 bits per heavy atom. The number of nitrogens with zero attached hydrogens (tertiary/aromatic N) is 2. The van der Waals surface area contributed by atoms with Gasteiger partial charge in [-0.2, -0.15) is 5.10 Å². The number of nitrogens with one attached hydrogen (secondary N) is 3. The predicted molar refractivity (Wildman–Crippen MR) is 129 cm³/mol. The topological polar surface area (TPSA) is 73.0 Å². The second-order valence-electron chi connectivity index (χ2n) is 7.84. The molecule has 32 heavy (non-hydrogen) atoms. The molecule has 1 heterocycles. The van der Waals surface area contributed by atoms with Crippen LogP contribution in [0.4, 0.5) is 10.1 Å². The number of amides is 1. The van der Waals surface area contributed by atoms with Crippen LogP contribution in [0.3, 0.4) is 0 Å². The number of hydrogen-bond acceptors (Lipinski definition) is 5. The molecular weight excluding hydrogens is 425 g/mol. The molecule has 6 nitrogen and oxygen atoms in total. The van der Waals surface area contributed by atoms with Gasteiger partial charge in [-0.1, -0.05) is 12.1 Å². The van der Waals surface area contributed by atoms with E-state index in [0.717, 1.165) is 45.1 Å². The monoisotopic (exact) mass is 455 g/mol. The summed E-state index contributed by atoms with van der Waals surface area (Å²) in [6.07, 6.45) is 4.40. The van der Waals surface area contributed by atoms with Crippen molar-refractivity contribution in [3.05, 3.63) is 65.7 Å². The van der Waals surface area contributed by atoms with E-state index >= 15 is 0 Å². The first-order valence-electron chi connectivity index (χ1n) is 10.6. The van der Waals surface area contributed by atoms with E-state index in [1.807, 2.05) is 39.5 Å². The summed E-state index contributed by atoms with van der Waals surface area (Å²) in [6.45, 7) is 1.57. The van der Waals surface area contributed by atoms with Gasteiger partial charge in [0.25, 0.3) is 0 Å². The lowest BCUT2D eigenvalue weighted by atomic mass is 10.0. The molecule has 0 aliphatic carbocycles. The van der Waals surface area contributed by atoms with E-state index in [2.05, 4.69) is 31.8 Å². The molecule has 3 aromatic rings. The molecule has 1 aromatic heterocycles. The molecule has 0 bridgehead atoms. The Morgan fingerprint density at radius 3 is 2.72 bits per heavy atom. The van der Waals surface area contributed by atoms with Crippen LogP contribution in [-0.2, 0) is 17.8 Å². The van der Waals surface area contributed by atoms with Gasteiger partial charge >= 0.3 is 0 Å². The van der Waals surface area contributed by atoms with Crippen LogP contribution in [0, 0.1) is 5.82 Å². The maximum Gasteiger partial charge on any atom is 0.224 e. The van der Waals surface area contributed by atoms with Crippen molar-refractivity contribution in [3.63, 3.8) is 0 Å². The van der Waals surface area contributed by atoms with Gasteiger partial charge in [0.1, 0.15) is 5.82 Å². The van der Waals surface area contributed by atoms with Crippen LogP contribution in [0.5, 0.6) is 0 Å². The summed E-state index contributed by atoms with van der Waals surface area (Å²) < 4.78 is 13.7. The number of anilines is 1. The minimum atomic E-state index is -0.283. The fourth-order valence-electron chi connectivity index (χ4n) is 3.32. The lowest BCUT2D eigenvalue weighted by Crippen LogP contribution is -2.16. The number of aromatic amines is 1. The Morgan fingerprint density at radius 2 is 2.00 bits per heavy atom. The molecule has 0 fully saturated rings. The van der Waals surface area contributed by atoms with Gasteiger partial charge in [-0.15, -0.1) is 11.8 Å². The fraction of sp³-hybridized carbons (Fsp3) is 0.333. The molecule has 0 saturated heterocycles. The summed E-state index contributed by atoms with van der Waals surface area (Å²) in [5, 5.41) is 13.0. The van der Waals surface area contributed by atoms with Crippen LogP contribution in [0.1, 0.15) is 17.5 Å². The quantitative estimate of drug-likeness (QED) is 0.379. The van der Waals surface area contributed by atoms with Crippen molar-refractivity contribution in [1.29, 1.82) is 0 Å². The van der Waals surface area contributed by atoms with E-state index in [0.29, 0.717) is 13.0 Å². The normalized spacial score (nSPS) is 11.2. The fourth-order valence-corrected chi connectivity index (χ4v) is 4.48. The maximum atomic E-state index is 13.7. The van der Waals surface area contributed by atoms with Gasteiger partial charge in [-0.3, -0.25) is 9.89 Å². The number of aryl methyl sites for hydroxylation is 1. The van der Waals surface area contributed by atoms with Crippen molar-refractivity contribution < 1.29 is 9.18 Å². The molecule has 3 N–H and O–H groups in total. The zero-order chi connectivity index (χ0) is 22.9. The summed E-state index contributed by atoms with van der Waals surface area (Å²) in [5.41, 5.74) is 4.69. The van der Waals surface area contributed by atoms with Crippen molar-refractivity contribution in [3.8, 4) is 11.1 Å². The van der Waals surface area contributed by atoms with Crippen LogP contribution in [0.15, 0.2) is 53.7 Å². The molecule has 0 aliphatic heterocycles. The highest BCUT2D eigenvalue weighted by Crippen LogP contribution is 2.32. The minimum absolute atomic E-state index is 0.0878. The first kappa shape index (κ1) is 24.0. The number of carbonyl (C=O) groups is 1. The molecule has 8 heteroatoms. The number of aromatic nitrogens is 2. The second kappa shape index (κ2) is 11.8. The molecule has 0 spiro atoms. The standard InChI is InChI=1S/C24H30FN5OS/c1-26-14-19-4-7-21(25)12-17(19)6-9-24(31)29-22-8-5-18(20-15-27-28-16-20)13-23(22)32-11-10-30(2)3/h4-5,7-8,12-13,15-16,26H,6,9-11,14H2,1-3H3,(H,27,28)(H,29,31). The Kier molecular flexibility index (Phi) is 8.84. The van der Waals surface area contributed by atoms with Gasteiger partial charge in [-0.25, -0.2) is 4.39 Å². The third-order valence-electron chi connectivity index (χ3n) is 5.04. The second-order valence-corrected chi connectivity index (χ2v) is 8.98. The molecule has 0 saturated carbocycles. The summed E-state index contributed by atoms with van der Waals surface area (Å²) >= 11 is 1.71. The van der Waals surface area contributed by atoms with Gasteiger partial charge in [-0.05, 0) is 68.5 Å². The van der Waals surface area contributed by atoms with Crippen LogP contribution in [-0.4, -0.2) is 54.4 Å². The van der Waals surface area contributed by atoms with Gasteiger partial charge in [0.15, 0.2) is 0 Å². The van der Waals surface area contributed by atoms with Crippen molar-refractivity contribution in [2.75, 3.05) is 38.8 Å². The molecule has 170 valence electrons. The largest absolute Gasteiger partial charge is 0.325 e. The Balaban J connectivity index is 1.71. The third kappa shape index (κ3) is 6.91. The van der Waals surface area contributed by atoms with Crippen LogP contribution < -0.4 is 10.6 Å². The van der Waals surface area contributed by atoms with Gasteiger partial charge in [0.2, 0.25) is 5.91 Å². The average molecular weight is 456 g/mol. The molecular formula is C24H30FN5OS. The number of thioether (sulfide) groups is 1. The highest BCUT2D eigenvalue weighted by Gasteiger charge is 2.12. The number of hydrogen-bond donors (Lipinski definition) is 3. The number of H-pyrrole nitrogens is 1. The summed E-state index contributed by atoms with van der Waals surface area (Å²) in [7, 11) is 5.93. The van der Waals surface area contributed by atoms with Crippen LogP contribution >= 0.6 is 11.8 Å². The summed E-state index contributed by atoms with van der Waals surface area (Å²) in [5.74, 6) is 0.534. The smallest absolute Gasteiger partial charge is 0.224 e. The Hall–Kier alpha value is -2.68. The van der Waals surface area contributed by atoms with Crippen molar-refractivity contribution >= 4 is 23.4 Å². The lowest BCUT2D eigenvalue weighted by molar-refractivity contribution is -0.116. The average Bonchev–Trinajstić information content (AvgIpc) is 3.30. The molecule has 3 rings (SSSR count). The zero-order valence-electron chi connectivity index (χ0n) is 18.7. The minimum Gasteiger partial charge on any atom is -0.325 e. The molecule has 0 unspecified atom stereocenters. The maximum absolute atomic E-state index is 13.7. The zero-order valence-corrected chi connectivity index (χ0v) is 19.6. The lowest BCUT2D eigenvalue weighted by Gasteiger charge is -2.15. The van der Waals surface area contributed by atoms with E-state index in [4.69, 9.17) is 0 Å². The van der Waals surface area contributed by atoms with Gasteiger partial charge < -0.3 is 15.5 Å². The van der Waals surface area contributed by atoms with E-state index in [1.165, 1.54) is 12.1 Å². The first-order valence-corrected chi connectivity index (χ1v) is 11.6. The number of benzene rings is 2. The molecule has 0 aliphatic rings. The van der Waals surface area contributed by atoms with E-state index < -0.39 is 0 Å². The van der Waals surface area contributed by atoms with E-state index in [-0.39, 0.29) is 18.1 Å². The van der Waals surface area contributed by atoms with Gasteiger partial charge in [0, 0.05) is 41.9 Å². The van der Waals surface area contributed by atoms with Gasteiger partial charge in [0.05, 0.1) is 11.9 Å². The van der Waals surface area contributed by atoms with Crippen molar-refractivity contribution in [1.82, 2.24) is 20.4 Å². The van der Waals surface area contributed by atoms with Crippen LogP contribution in [0.2, 0.25) is 0 Å². The summed E-state index contributed by atoms with van der Waals surface area (Å²) in [4.78, 5) is 15.9. The molecule has 0 atom stereocenters. The number of carbonyl (C=O) groups excluding carboxylic acids is 1. The highest BCUT2D eigenvalue weighted by molar-refractivity contribution is 7.99. The van der Waals surface area contributed by atoms with Crippen molar-refractivity contribution in [2.24, 2.45) is 0 Å². The summed E-state index contributed by atoms with van der Waals surface area (Å²) in [6, 6.07) is 10.7. The van der Waals surface area contributed by atoms with E-state index in [9.17, 15) is 9.18 Å². The Bertz CT molecular complexity index is 1020. The molecule has 2 aromatic carbocycles. The third-order valence-corrected chi connectivity index (χ3v) is 6.08. The highest BCUT2D eigenvalue weighted by atomic mass is 32.2. The first-order chi connectivity index (χ1) is 15.5. The van der Waals surface area contributed by atoms with E-state index in [1.54, 1.807) is 24.0 Å². The SMILES string of the molecule is CNCc1ccc(F)cc1CCC(=O)Nc1ccc(-c2cn[nH]c2)cc1SCCN(C)C. The number of rotatable bonds is 11. The number of halogens is 1. The molecule has 1 amide bonds.